The van der Waals surface area contributed by atoms with Gasteiger partial charge in [0.15, 0.2) is 5.82 Å². The van der Waals surface area contributed by atoms with Crippen molar-refractivity contribution in [1.29, 1.82) is 0 Å². The largest absolute Gasteiger partial charge is 0.336 e. The van der Waals surface area contributed by atoms with Crippen LogP contribution in [0.5, 0.6) is 0 Å². The van der Waals surface area contributed by atoms with Crippen LogP contribution >= 0.6 is 0 Å². The number of hydrogen-bond acceptors (Lipinski definition) is 3. The summed E-state index contributed by atoms with van der Waals surface area (Å²) in [5.41, 5.74) is 0. The van der Waals surface area contributed by atoms with Crippen LogP contribution in [0.4, 0.5) is 0 Å². The third-order valence-corrected chi connectivity index (χ3v) is 3.31. The van der Waals surface area contributed by atoms with Gasteiger partial charge in [0.1, 0.15) is 0 Å². The molecule has 1 unspecified atom stereocenters. The number of amides is 1. The molecule has 0 bridgehead atoms. The molecule has 1 aliphatic heterocycles. The molecule has 1 aromatic rings. The van der Waals surface area contributed by atoms with Gasteiger partial charge in [-0.15, -0.1) is 0 Å². The van der Waals surface area contributed by atoms with Gasteiger partial charge in [0.25, 0.3) is 5.91 Å². The molecule has 0 radical (unpaired) electrons. The van der Waals surface area contributed by atoms with E-state index in [0.29, 0.717) is 11.7 Å². The molecule has 1 aromatic heterocycles. The maximum Gasteiger partial charge on any atom is 0.289 e. The molecule has 1 aliphatic rings. The highest BCUT2D eigenvalue weighted by atomic mass is 16.2. The fraction of sp³-hybridized carbons (Fsp3) is 0.667. The van der Waals surface area contributed by atoms with Crippen molar-refractivity contribution in [3.8, 4) is 0 Å². The van der Waals surface area contributed by atoms with Crippen LogP contribution in [0, 0.1) is 5.92 Å². The number of carbonyl (C=O) groups excluding carboxylic acids is 1. The fourth-order valence-corrected chi connectivity index (χ4v) is 2.42. The molecular weight excluding hydrogens is 216 g/mol. The molecule has 1 fully saturated rings. The molecular formula is C12H20N4O. The summed E-state index contributed by atoms with van der Waals surface area (Å²) in [4.78, 5) is 18.3. The molecule has 2 rings (SSSR count). The molecule has 0 spiro atoms. The summed E-state index contributed by atoms with van der Waals surface area (Å²) in [6, 6.07) is 0. The first-order valence-corrected chi connectivity index (χ1v) is 6.13. The van der Waals surface area contributed by atoms with Gasteiger partial charge in [-0.2, -0.15) is 0 Å². The molecule has 0 aromatic carbocycles. The van der Waals surface area contributed by atoms with Gasteiger partial charge in [-0.1, -0.05) is 0 Å². The van der Waals surface area contributed by atoms with E-state index < -0.39 is 0 Å². The number of imidazole rings is 1. The van der Waals surface area contributed by atoms with Crippen LogP contribution in [0.25, 0.3) is 0 Å². The standard InChI is InChI=1S/C12H20N4O/c1-13-8-10-4-3-6-16(9-10)12(17)11-14-5-7-15(11)2/h5,7,10,13H,3-4,6,8-9H2,1-2H3. The molecule has 94 valence electrons. The summed E-state index contributed by atoms with van der Waals surface area (Å²) < 4.78 is 1.78. The number of aryl methyl sites for hydroxylation is 1. The smallest absolute Gasteiger partial charge is 0.289 e. The lowest BCUT2D eigenvalue weighted by atomic mass is 9.98. The Morgan fingerprint density at radius 1 is 1.65 bits per heavy atom. The molecule has 5 heteroatoms. The van der Waals surface area contributed by atoms with Crippen molar-refractivity contribution in [2.45, 2.75) is 12.8 Å². The van der Waals surface area contributed by atoms with Crippen LogP contribution in [0.15, 0.2) is 12.4 Å². The summed E-state index contributed by atoms with van der Waals surface area (Å²) in [7, 11) is 3.81. The minimum absolute atomic E-state index is 0.0540. The fourth-order valence-electron chi connectivity index (χ4n) is 2.42. The van der Waals surface area contributed by atoms with Gasteiger partial charge in [0.2, 0.25) is 0 Å². The number of aromatic nitrogens is 2. The Kier molecular flexibility index (Phi) is 3.78. The minimum atomic E-state index is 0.0540. The van der Waals surface area contributed by atoms with Gasteiger partial charge < -0.3 is 14.8 Å². The Morgan fingerprint density at radius 3 is 3.12 bits per heavy atom. The van der Waals surface area contributed by atoms with Crippen molar-refractivity contribution in [3.05, 3.63) is 18.2 Å². The Bertz CT molecular complexity index is 386. The molecule has 2 heterocycles. The molecule has 0 aliphatic carbocycles. The number of nitrogens with zero attached hydrogens (tertiary/aromatic N) is 3. The van der Waals surface area contributed by atoms with Crippen LogP contribution in [-0.4, -0.2) is 47.0 Å². The van der Waals surface area contributed by atoms with Crippen molar-refractivity contribution in [1.82, 2.24) is 19.8 Å². The van der Waals surface area contributed by atoms with Crippen LogP contribution in [0.3, 0.4) is 0 Å². The third kappa shape index (κ3) is 2.66. The van der Waals surface area contributed by atoms with Gasteiger partial charge in [-0.25, -0.2) is 4.98 Å². The van der Waals surface area contributed by atoms with Gasteiger partial charge >= 0.3 is 0 Å². The molecule has 1 saturated heterocycles. The average Bonchev–Trinajstić information content (AvgIpc) is 2.75. The van der Waals surface area contributed by atoms with Crippen LogP contribution in [-0.2, 0) is 7.05 Å². The minimum Gasteiger partial charge on any atom is -0.336 e. The number of nitrogens with one attached hydrogen (secondary N) is 1. The van der Waals surface area contributed by atoms with E-state index in [9.17, 15) is 4.79 Å². The van der Waals surface area contributed by atoms with E-state index in [1.807, 2.05) is 25.2 Å². The number of carbonyl (C=O) groups is 1. The number of piperidine rings is 1. The zero-order chi connectivity index (χ0) is 12.3. The quantitative estimate of drug-likeness (QED) is 0.831. The van der Waals surface area contributed by atoms with Crippen molar-refractivity contribution < 1.29 is 4.79 Å². The topological polar surface area (TPSA) is 50.2 Å². The first-order chi connectivity index (χ1) is 8.22. The van der Waals surface area contributed by atoms with Crippen molar-refractivity contribution in [2.24, 2.45) is 13.0 Å². The van der Waals surface area contributed by atoms with E-state index in [1.165, 1.54) is 6.42 Å². The Morgan fingerprint density at radius 2 is 2.47 bits per heavy atom. The summed E-state index contributed by atoms with van der Waals surface area (Å²) >= 11 is 0. The zero-order valence-corrected chi connectivity index (χ0v) is 10.5. The zero-order valence-electron chi connectivity index (χ0n) is 10.5. The number of hydrogen-bond donors (Lipinski definition) is 1. The summed E-state index contributed by atoms with van der Waals surface area (Å²) in [6.07, 6.45) is 5.76. The Balaban J connectivity index is 2.02. The second kappa shape index (κ2) is 5.31. The monoisotopic (exact) mass is 236 g/mol. The molecule has 5 nitrogen and oxygen atoms in total. The van der Waals surface area contributed by atoms with E-state index in [4.69, 9.17) is 0 Å². The number of likely N-dealkylation sites (tertiary alicyclic amines) is 1. The molecule has 1 N–H and O–H groups in total. The summed E-state index contributed by atoms with van der Waals surface area (Å²) in [5, 5.41) is 3.18. The number of rotatable bonds is 3. The predicted molar refractivity (Wildman–Crippen MR) is 65.8 cm³/mol. The van der Waals surface area contributed by atoms with E-state index in [0.717, 1.165) is 26.1 Å². The summed E-state index contributed by atoms with van der Waals surface area (Å²) in [6.45, 7) is 2.67. The SMILES string of the molecule is CNCC1CCCN(C(=O)c2nccn2C)C1. The average molecular weight is 236 g/mol. The second-order valence-electron chi connectivity index (χ2n) is 4.68. The van der Waals surface area contributed by atoms with E-state index in [-0.39, 0.29) is 5.91 Å². The van der Waals surface area contributed by atoms with E-state index >= 15 is 0 Å². The lowest BCUT2D eigenvalue weighted by Gasteiger charge is -2.32. The van der Waals surface area contributed by atoms with Crippen LogP contribution in [0.1, 0.15) is 23.5 Å². The lowest BCUT2D eigenvalue weighted by Crippen LogP contribution is -2.43. The second-order valence-corrected chi connectivity index (χ2v) is 4.68. The van der Waals surface area contributed by atoms with Gasteiger partial charge in [-0.05, 0) is 32.4 Å². The van der Waals surface area contributed by atoms with Crippen molar-refractivity contribution in [3.63, 3.8) is 0 Å². The van der Waals surface area contributed by atoms with E-state index in [2.05, 4.69) is 10.3 Å². The van der Waals surface area contributed by atoms with Crippen molar-refractivity contribution in [2.75, 3.05) is 26.7 Å². The third-order valence-electron chi connectivity index (χ3n) is 3.31. The maximum absolute atomic E-state index is 12.3. The maximum atomic E-state index is 12.3. The highest BCUT2D eigenvalue weighted by Gasteiger charge is 2.25. The molecule has 1 atom stereocenters. The molecule has 17 heavy (non-hydrogen) atoms. The summed E-state index contributed by atoms with van der Waals surface area (Å²) in [5.74, 6) is 1.16. The normalized spacial score (nSPS) is 20.6. The van der Waals surface area contributed by atoms with E-state index in [1.54, 1.807) is 10.8 Å². The van der Waals surface area contributed by atoms with Gasteiger partial charge in [-0.3, -0.25) is 4.79 Å². The lowest BCUT2D eigenvalue weighted by molar-refractivity contribution is 0.0658. The predicted octanol–water partition coefficient (Wildman–Crippen LogP) is 0.492. The highest BCUT2D eigenvalue weighted by molar-refractivity contribution is 5.90. The first-order valence-electron chi connectivity index (χ1n) is 6.13. The first kappa shape index (κ1) is 12.1. The van der Waals surface area contributed by atoms with Gasteiger partial charge in [0.05, 0.1) is 0 Å². The molecule has 0 saturated carbocycles. The molecule has 1 amide bonds. The Hall–Kier alpha value is -1.36. The van der Waals surface area contributed by atoms with Crippen LogP contribution in [0.2, 0.25) is 0 Å². The van der Waals surface area contributed by atoms with Crippen molar-refractivity contribution >= 4 is 5.91 Å². The van der Waals surface area contributed by atoms with Gasteiger partial charge in [0, 0.05) is 32.5 Å². The Labute approximate surface area is 102 Å². The highest BCUT2D eigenvalue weighted by Crippen LogP contribution is 2.17. The van der Waals surface area contributed by atoms with Crippen LogP contribution < -0.4 is 5.32 Å².